The van der Waals surface area contributed by atoms with Crippen LogP contribution in [0.15, 0.2) is 54.6 Å². The molecular formula is C15H19N. The lowest BCUT2D eigenvalue weighted by Crippen LogP contribution is -1.90. The van der Waals surface area contributed by atoms with Crippen LogP contribution in [0.25, 0.3) is 11.1 Å². The third kappa shape index (κ3) is 2.86. The van der Waals surface area contributed by atoms with Crippen molar-refractivity contribution in [1.29, 1.82) is 0 Å². The van der Waals surface area contributed by atoms with Crippen molar-refractivity contribution < 1.29 is 0 Å². The highest BCUT2D eigenvalue weighted by molar-refractivity contribution is 5.77. The Morgan fingerprint density at radius 2 is 1.31 bits per heavy atom. The number of anilines is 1. The molecule has 0 heterocycles. The smallest absolute Gasteiger partial charge is 0.0417 e. The largest absolute Gasteiger partial charge is 0.388 e. The maximum absolute atomic E-state index is 3.19. The second-order valence-corrected chi connectivity index (χ2v) is 3.16. The fraction of sp³-hybridized carbons (Fsp3) is 0.200. The molecule has 0 atom stereocenters. The molecule has 2 rings (SSSR count). The van der Waals surface area contributed by atoms with Crippen LogP contribution in [0.5, 0.6) is 0 Å². The summed E-state index contributed by atoms with van der Waals surface area (Å²) in [6.07, 6.45) is 0. The molecule has 2 aromatic carbocycles. The van der Waals surface area contributed by atoms with E-state index in [-0.39, 0.29) is 0 Å². The summed E-state index contributed by atoms with van der Waals surface area (Å²) in [4.78, 5) is 0. The Balaban J connectivity index is 0.000000606. The Kier molecular flexibility index (Phi) is 5.13. The minimum Gasteiger partial charge on any atom is -0.388 e. The van der Waals surface area contributed by atoms with Crippen molar-refractivity contribution in [3.05, 3.63) is 54.6 Å². The fourth-order valence-corrected chi connectivity index (χ4v) is 1.57. The summed E-state index contributed by atoms with van der Waals surface area (Å²) in [7, 11) is 1.95. The van der Waals surface area contributed by atoms with Gasteiger partial charge in [0.25, 0.3) is 0 Å². The summed E-state index contributed by atoms with van der Waals surface area (Å²) in [5.41, 5.74) is 3.66. The SMILES string of the molecule is CC.CNc1ccccc1-c1ccccc1. The Hall–Kier alpha value is -1.76. The van der Waals surface area contributed by atoms with Gasteiger partial charge in [0.15, 0.2) is 0 Å². The van der Waals surface area contributed by atoms with Gasteiger partial charge in [0.1, 0.15) is 0 Å². The van der Waals surface area contributed by atoms with Gasteiger partial charge in [0, 0.05) is 18.3 Å². The van der Waals surface area contributed by atoms with Crippen LogP contribution in [-0.4, -0.2) is 7.05 Å². The Bertz CT molecular complexity index is 407. The van der Waals surface area contributed by atoms with Crippen molar-refractivity contribution in [3.8, 4) is 11.1 Å². The van der Waals surface area contributed by atoms with Crippen LogP contribution in [0.1, 0.15) is 13.8 Å². The molecule has 16 heavy (non-hydrogen) atoms. The van der Waals surface area contributed by atoms with E-state index in [1.54, 1.807) is 0 Å². The maximum Gasteiger partial charge on any atom is 0.0417 e. The molecule has 2 aromatic rings. The van der Waals surface area contributed by atoms with E-state index in [2.05, 4.69) is 47.8 Å². The first kappa shape index (κ1) is 12.3. The molecular weight excluding hydrogens is 194 g/mol. The topological polar surface area (TPSA) is 12.0 Å². The Labute approximate surface area is 98.1 Å². The summed E-state index contributed by atoms with van der Waals surface area (Å²) in [5, 5.41) is 3.19. The lowest BCUT2D eigenvalue weighted by Gasteiger charge is -2.08. The van der Waals surface area contributed by atoms with Crippen molar-refractivity contribution >= 4 is 5.69 Å². The molecule has 0 amide bonds. The highest BCUT2D eigenvalue weighted by atomic mass is 14.8. The first-order valence-electron chi connectivity index (χ1n) is 5.74. The van der Waals surface area contributed by atoms with Gasteiger partial charge < -0.3 is 5.32 Å². The van der Waals surface area contributed by atoms with Crippen LogP contribution in [-0.2, 0) is 0 Å². The van der Waals surface area contributed by atoms with Crippen molar-refractivity contribution in [2.45, 2.75) is 13.8 Å². The van der Waals surface area contributed by atoms with Gasteiger partial charge in [-0.15, -0.1) is 0 Å². The van der Waals surface area contributed by atoms with Gasteiger partial charge in [-0.3, -0.25) is 0 Å². The molecule has 0 aliphatic carbocycles. The molecule has 1 N–H and O–H groups in total. The van der Waals surface area contributed by atoms with E-state index in [0.29, 0.717) is 0 Å². The van der Waals surface area contributed by atoms with Crippen molar-refractivity contribution in [2.75, 3.05) is 12.4 Å². The van der Waals surface area contributed by atoms with Gasteiger partial charge in [-0.1, -0.05) is 62.4 Å². The van der Waals surface area contributed by atoms with Gasteiger partial charge in [-0.05, 0) is 11.6 Å². The second kappa shape index (κ2) is 6.67. The molecule has 0 saturated heterocycles. The van der Waals surface area contributed by atoms with Gasteiger partial charge in [-0.25, -0.2) is 0 Å². The number of hydrogen-bond donors (Lipinski definition) is 1. The lowest BCUT2D eigenvalue weighted by atomic mass is 10.0. The van der Waals surface area contributed by atoms with Gasteiger partial charge in [0.05, 0.1) is 0 Å². The molecule has 0 aliphatic rings. The summed E-state index contributed by atoms with van der Waals surface area (Å²) < 4.78 is 0. The molecule has 84 valence electrons. The zero-order valence-corrected chi connectivity index (χ0v) is 10.2. The van der Waals surface area contributed by atoms with Crippen LogP contribution in [0.2, 0.25) is 0 Å². The normalized spacial score (nSPS) is 8.94. The van der Waals surface area contributed by atoms with E-state index in [9.17, 15) is 0 Å². The molecule has 0 fully saturated rings. The molecule has 1 heteroatoms. The quantitative estimate of drug-likeness (QED) is 0.778. The molecule has 0 unspecified atom stereocenters. The average molecular weight is 213 g/mol. The Morgan fingerprint density at radius 1 is 0.750 bits per heavy atom. The van der Waals surface area contributed by atoms with E-state index >= 15 is 0 Å². The third-order valence-electron chi connectivity index (χ3n) is 2.28. The van der Waals surface area contributed by atoms with Crippen LogP contribution in [0.3, 0.4) is 0 Å². The van der Waals surface area contributed by atoms with Crippen molar-refractivity contribution in [1.82, 2.24) is 0 Å². The summed E-state index contributed by atoms with van der Waals surface area (Å²) in [5.74, 6) is 0. The van der Waals surface area contributed by atoms with E-state index in [0.717, 1.165) is 0 Å². The molecule has 0 aromatic heterocycles. The van der Waals surface area contributed by atoms with Crippen molar-refractivity contribution in [3.63, 3.8) is 0 Å². The monoisotopic (exact) mass is 213 g/mol. The van der Waals surface area contributed by atoms with E-state index < -0.39 is 0 Å². The fourth-order valence-electron chi connectivity index (χ4n) is 1.57. The lowest BCUT2D eigenvalue weighted by molar-refractivity contribution is 1.50. The number of hydrogen-bond acceptors (Lipinski definition) is 1. The molecule has 0 spiro atoms. The first-order valence-corrected chi connectivity index (χ1v) is 5.74. The van der Waals surface area contributed by atoms with E-state index in [4.69, 9.17) is 0 Å². The van der Waals surface area contributed by atoms with Crippen LogP contribution >= 0.6 is 0 Å². The van der Waals surface area contributed by atoms with Crippen LogP contribution < -0.4 is 5.32 Å². The predicted molar refractivity (Wildman–Crippen MR) is 72.8 cm³/mol. The molecule has 0 aliphatic heterocycles. The van der Waals surface area contributed by atoms with Crippen molar-refractivity contribution in [2.24, 2.45) is 0 Å². The number of benzene rings is 2. The van der Waals surface area contributed by atoms with Crippen LogP contribution in [0.4, 0.5) is 5.69 Å². The minimum atomic E-state index is 1.17. The van der Waals surface area contributed by atoms with Gasteiger partial charge in [0.2, 0.25) is 0 Å². The van der Waals surface area contributed by atoms with Gasteiger partial charge in [-0.2, -0.15) is 0 Å². The number of nitrogens with one attached hydrogen (secondary N) is 1. The maximum atomic E-state index is 3.19. The predicted octanol–water partition coefficient (Wildman–Crippen LogP) is 4.42. The average Bonchev–Trinajstić information content (AvgIpc) is 2.42. The second-order valence-electron chi connectivity index (χ2n) is 3.16. The minimum absolute atomic E-state index is 1.17. The standard InChI is InChI=1S/C13H13N.C2H6/c1-14-13-10-6-5-9-12(13)11-7-3-2-4-8-11;1-2/h2-10,14H,1H3;1-2H3. The summed E-state index contributed by atoms with van der Waals surface area (Å²) in [6.45, 7) is 4.00. The molecule has 1 nitrogen and oxygen atoms in total. The third-order valence-corrected chi connectivity index (χ3v) is 2.28. The number of rotatable bonds is 2. The highest BCUT2D eigenvalue weighted by Crippen LogP contribution is 2.26. The summed E-state index contributed by atoms with van der Waals surface area (Å²) >= 11 is 0. The zero-order chi connectivity index (χ0) is 11.8. The highest BCUT2D eigenvalue weighted by Gasteiger charge is 2.00. The van der Waals surface area contributed by atoms with E-state index in [1.807, 2.05) is 33.0 Å². The molecule has 0 saturated carbocycles. The number of para-hydroxylation sites is 1. The van der Waals surface area contributed by atoms with Gasteiger partial charge >= 0.3 is 0 Å². The molecule has 0 bridgehead atoms. The molecule has 0 radical (unpaired) electrons. The zero-order valence-electron chi connectivity index (χ0n) is 10.2. The first-order chi connectivity index (χ1) is 7.92. The Morgan fingerprint density at radius 3 is 1.94 bits per heavy atom. The van der Waals surface area contributed by atoms with E-state index in [1.165, 1.54) is 16.8 Å². The summed E-state index contributed by atoms with van der Waals surface area (Å²) in [6, 6.07) is 18.7. The van der Waals surface area contributed by atoms with Crippen LogP contribution in [0, 0.1) is 0 Å².